The van der Waals surface area contributed by atoms with Crippen LogP contribution in [0.3, 0.4) is 0 Å². The van der Waals surface area contributed by atoms with E-state index in [0.717, 1.165) is 0 Å². The molecule has 0 bridgehead atoms. The van der Waals surface area contributed by atoms with Crippen LogP contribution in [-0.2, 0) is 20.7 Å². The fourth-order valence-corrected chi connectivity index (χ4v) is 3.12. The Labute approximate surface area is 163 Å². The molecule has 0 saturated heterocycles. The molecule has 8 nitrogen and oxygen atoms in total. The molecule has 28 heavy (non-hydrogen) atoms. The van der Waals surface area contributed by atoms with Gasteiger partial charge in [-0.3, -0.25) is 24.5 Å². The van der Waals surface area contributed by atoms with Gasteiger partial charge < -0.3 is 9.72 Å². The van der Waals surface area contributed by atoms with Gasteiger partial charge in [0, 0.05) is 12.8 Å². The second kappa shape index (κ2) is 9.05. The molecule has 144 valence electrons. The number of fused-ring (bicyclic) bond motifs is 1. The number of aryl methyl sites for hydroxylation is 1. The van der Waals surface area contributed by atoms with Gasteiger partial charge in [-0.2, -0.15) is 0 Å². The molecule has 0 fully saturated rings. The molecule has 2 heterocycles. The number of carbonyl (C=O) groups is 3. The van der Waals surface area contributed by atoms with E-state index < -0.39 is 24.4 Å². The summed E-state index contributed by atoms with van der Waals surface area (Å²) in [5.41, 5.74) is 0.367. The molecule has 9 heteroatoms. The number of amides is 2. The quantitative estimate of drug-likeness (QED) is 0.585. The second-order valence-corrected chi connectivity index (χ2v) is 6.85. The molecule has 3 rings (SSSR count). The Morgan fingerprint density at radius 2 is 1.96 bits per heavy atom. The number of H-pyrrole nitrogens is 1. The number of imide groups is 1. The fourth-order valence-electron chi connectivity index (χ4n) is 2.50. The number of hydrogen-bond acceptors (Lipinski definition) is 7. The molecule has 3 aromatic rings. The molecule has 0 spiro atoms. The number of nitrogens with one attached hydrogen (secondary N) is 2. The minimum Gasteiger partial charge on any atom is -0.456 e. The normalized spacial score (nSPS) is 10.6. The lowest BCUT2D eigenvalue weighted by molar-refractivity contribution is -0.148. The zero-order valence-electron chi connectivity index (χ0n) is 14.8. The monoisotopic (exact) mass is 399 g/mol. The van der Waals surface area contributed by atoms with Gasteiger partial charge in [-0.15, -0.1) is 11.3 Å². The topological polar surface area (TPSA) is 118 Å². The van der Waals surface area contributed by atoms with Crippen LogP contribution < -0.4 is 10.9 Å². The number of aromatic nitrogens is 2. The highest BCUT2D eigenvalue weighted by molar-refractivity contribution is 7.12. The molecule has 0 radical (unpaired) electrons. The number of benzene rings is 1. The molecule has 0 atom stereocenters. The first-order chi connectivity index (χ1) is 13.5. The van der Waals surface area contributed by atoms with E-state index in [1.54, 1.807) is 41.8 Å². The first-order valence-corrected chi connectivity index (χ1v) is 9.42. The van der Waals surface area contributed by atoms with Gasteiger partial charge in [0.1, 0.15) is 5.82 Å². The van der Waals surface area contributed by atoms with Gasteiger partial charge in [-0.1, -0.05) is 18.2 Å². The zero-order chi connectivity index (χ0) is 19.9. The standard InChI is InChI=1S/C19H17N3O5S/c23-16(22-19(26)14-7-4-10-28-14)11-27-17(24)9-3-8-15-20-13-6-2-1-5-12(13)18(25)21-15/h1-2,4-7,10H,3,8-9,11H2,(H,20,21,25)(H,22,23,26). The van der Waals surface area contributed by atoms with Crippen LogP contribution in [0.1, 0.15) is 28.3 Å². The van der Waals surface area contributed by atoms with Crippen LogP contribution in [0.5, 0.6) is 0 Å². The van der Waals surface area contributed by atoms with E-state index in [4.69, 9.17) is 4.74 Å². The maximum atomic E-state index is 12.0. The molecule has 0 aliphatic carbocycles. The average Bonchev–Trinajstić information content (AvgIpc) is 3.21. The highest BCUT2D eigenvalue weighted by atomic mass is 32.1. The lowest BCUT2D eigenvalue weighted by Gasteiger charge is -2.05. The summed E-state index contributed by atoms with van der Waals surface area (Å²) in [6, 6.07) is 10.3. The molecule has 2 aromatic heterocycles. The first kappa shape index (κ1) is 19.4. The smallest absolute Gasteiger partial charge is 0.306 e. The highest BCUT2D eigenvalue weighted by Crippen LogP contribution is 2.08. The van der Waals surface area contributed by atoms with Crippen LogP contribution in [0.25, 0.3) is 10.9 Å². The third-order valence-corrected chi connectivity index (χ3v) is 4.69. The van der Waals surface area contributed by atoms with Crippen molar-refractivity contribution in [2.24, 2.45) is 0 Å². The number of hydrogen-bond donors (Lipinski definition) is 2. The summed E-state index contributed by atoms with van der Waals surface area (Å²) >= 11 is 1.20. The van der Waals surface area contributed by atoms with E-state index in [9.17, 15) is 19.2 Å². The summed E-state index contributed by atoms with van der Waals surface area (Å²) in [7, 11) is 0. The van der Waals surface area contributed by atoms with E-state index >= 15 is 0 Å². The van der Waals surface area contributed by atoms with Gasteiger partial charge in [0.05, 0.1) is 15.8 Å². The molecular weight excluding hydrogens is 382 g/mol. The predicted molar refractivity (Wildman–Crippen MR) is 103 cm³/mol. The van der Waals surface area contributed by atoms with E-state index in [1.165, 1.54) is 11.3 Å². The van der Waals surface area contributed by atoms with Crippen molar-refractivity contribution in [2.75, 3.05) is 6.61 Å². The molecule has 0 aliphatic heterocycles. The Morgan fingerprint density at radius 1 is 1.14 bits per heavy atom. The molecule has 0 unspecified atom stereocenters. The van der Waals surface area contributed by atoms with Gasteiger partial charge in [-0.05, 0) is 30.0 Å². The summed E-state index contributed by atoms with van der Waals surface area (Å²) in [5.74, 6) is -1.30. The van der Waals surface area contributed by atoms with Crippen LogP contribution in [0.15, 0.2) is 46.6 Å². The van der Waals surface area contributed by atoms with Crippen LogP contribution in [0.2, 0.25) is 0 Å². The van der Waals surface area contributed by atoms with Gasteiger partial charge in [0.25, 0.3) is 17.4 Å². The minimum atomic E-state index is -0.688. The third kappa shape index (κ3) is 5.10. The highest BCUT2D eigenvalue weighted by Gasteiger charge is 2.13. The van der Waals surface area contributed by atoms with Crippen molar-refractivity contribution in [1.29, 1.82) is 0 Å². The summed E-state index contributed by atoms with van der Waals surface area (Å²) in [6.07, 6.45) is 0.844. The Hall–Kier alpha value is -3.33. The number of ether oxygens (including phenoxy) is 1. The van der Waals surface area contributed by atoms with Gasteiger partial charge >= 0.3 is 5.97 Å². The van der Waals surface area contributed by atoms with Crippen molar-refractivity contribution in [3.8, 4) is 0 Å². The van der Waals surface area contributed by atoms with Crippen LogP contribution >= 0.6 is 11.3 Å². The second-order valence-electron chi connectivity index (χ2n) is 5.90. The van der Waals surface area contributed by atoms with Crippen molar-refractivity contribution < 1.29 is 19.1 Å². The van der Waals surface area contributed by atoms with E-state index in [2.05, 4.69) is 15.3 Å². The minimum absolute atomic E-state index is 0.0582. The van der Waals surface area contributed by atoms with Crippen molar-refractivity contribution in [3.63, 3.8) is 0 Å². The Balaban J connectivity index is 1.41. The maximum Gasteiger partial charge on any atom is 0.306 e. The van der Waals surface area contributed by atoms with Crippen molar-refractivity contribution >= 4 is 40.0 Å². The number of carbonyl (C=O) groups excluding carboxylic acids is 3. The third-order valence-electron chi connectivity index (χ3n) is 3.82. The number of aromatic amines is 1. The molecule has 0 saturated carbocycles. The molecular formula is C19H17N3O5S. The largest absolute Gasteiger partial charge is 0.456 e. The van der Waals surface area contributed by atoms with Gasteiger partial charge in [0.15, 0.2) is 6.61 Å². The Bertz CT molecular complexity index is 1060. The molecule has 0 aliphatic rings. The Kier molecular flexibility index (Phi) is 6.28. The lowest BCUT2D eigenvalue weighted by Crippen LogP contribution is -2.33. The van der Waals surface area contributed by atoms with Crippen LogP contribution in [0, 0.1) is 0 Å². The first-order valence-electron chi connectivity index (χ1n) is 8.54. The lowest BCUT2D eigenvalue weighted by atomic mass is 10.2. The van der Waals surface area contributed by atoms with Crippen molar-refractivity contribution in [3.05, 3.63) is 62.8 Å². The Morgan fingerprint density at radius 3 is 2.75 bits per heavy atom. The summed E-state index contributed by atoms with van der Waals surface area (Å²) in [5, 5.41) is 4.38. The summed E-state index contributed by atoms with van der Waals surface area (Å²) in [4.78, 5) is 54.6. The number of para-hydroxylation sites is 1. The molecule has 2 amide bonds. The van der Waals surface area contributed by atoms with Crippen molar-refractivity contribution in [2.45, 2.75) is 19.3 Å². The number of esters is 1. The summed E-state index contributed by atoms with van der Waals surface area (Å²) < 4.78 is 4.86. The van der Waals surface area contributed by atoms with Gasteiger partial charge in [0.2, 0.25) is 0 Å². The van der Waals surface area contributed by atoms with Gasteiger partial charge in [-0.25, -0.2) is 4.98 Å². The maximum absolute atomic E-state index is 12.0. The van der Waals surface area contributed by atoms with E-state index in [0.29, 0.717) is 34.4 Å². The van der Waals surface area contributed by atoms with Crippen molar-refractivity contribution in [1.82, 2.24) is 15.3 Å². The molecule has 2 N–H and O–H groups in total. The van der Waals surface area contributed by atoms with E-state index in [1.807, 2.05) is 0 Å². The number of rotatable bonds is 7. The number of thiophene rings is 1. The molecule has 1 aromatic carbocycles. The van der Waals surface area contributed by atoms with Crippen LogP contribution in [-0.4, -0.2) is 34.4 Å². The summed E-state index contributed by atoms with van der Waals surface area (Å²) in [6.45, 7) is -0.527. The van der Waals surface area contributed by atoms with Crippen LogP contribution in [0.4, 0.5) is 0 Å². The van der Waals surface area contributed by atoms with E-state index in [-0.39, 0.29) is 12.0 Å². The SMILES string of the molecule is O=C(COC(=O)CCCc1nc2ccccc2c(=O)[nH]1)NC(=O)c1cccs1. The fraction of sp³-hybridized carbons (Fsp3) is 0.211. The average molecular weight is 399 g/mol. The zero-order valence-corrected chi connectivity index (χ0v) is 15.6. The number of nitrogens with zero attached hydrogens (tertiary/aromatic N) is 1. The predicted octanol–water partition coefficient (Wildman–Crippen LogP) is 1.81.